The molecule has 98 valence electrons. The van der Waals surface area contributed by atoms with Gasteiger partial charge in [-0.2, -0.15) is 0 Å². The molecule has 3 rings (SSSR count). The van der Waals surface area contributed by atoms with Gasteiger partial charge in [0.2, 0.25) is 0 Å². The standard InChI is InChI=1S/C17H19NO/c18-17(14-10-11-14)15-8-4-5-9-16(15)19-12-13-6-2-1-3-7-13/h1-9,14,17H,10-12,18H2/t17-/m1/s1. The summed E-state index contributed by atoms with van der Waals surface area (Å²) in [4.78, 5) is 0. The molecule has 2 aromatic rings. The van der Waals surface area contributed by atoms with Crippen LogP contribution >= 0.6 is 0 Å². The van der Waals surface area contributed by atoms with Gasteiger partial charge in [0.05, 0.1) is 0 Å². The molecule has 0 aliphatic heterocycles. The Morgan fingerprint density at radius 3 is 2.42 bits per heavy atom. The Morgan fingerprint density at radius 2 is 1.68 bits per heavy atom. The van der Waals surface area contributed by atoms with Crippen LogP contribution in [0.1, 0.15) is 30.0 Å². The van der Waals surface area contributed by atoms with E-state index < -0.39 is 0 Å². The van der Waals surface area contributed by atoms with Crippen LogP contribution in [0, 0.1) is 5.92 Å². The van der Waals surface area contributed by atoms with Crippen molar-refractivity contribution in [2.75, 3.05) is 0 Å². The number of hydrogen-bond donors (Lipinski definition) is 1. The van der Waals surface area contributed by atoms with E-state index >= 15 is 0 Å². The van der Waals surface area contributed by atoms with Gasteiger partial charge in [-0.25, -0.2) is 0 Å². The Bertz CT molecular complexity index is 534. The molecular weight excluding hydrogens is 234 g/mol. The zero-order valence-electron chi connectivity index (χ0n) is 11.0. The van der Waals surface area contributed by atoms with Gasteiger partial charge in [0.1, 0.15) is 12.4 Å². The van der Waals surface area contributed by atoms with Gasteiger partial charge < -0.3 is 10.5 Å². The van der Waals surface area contributed by atoms with E-state index in [9.17, 15) is 0 Å². The highest BCUT2D eigenvalue weighted by Gasteiger charge is 2.31. The molecule has 1 fully saturated rings. The third-order valence-electron chi connectivity index (χ3n) is 3.65. The van der Waals surface area contributed by atoms with Crippen molar-refractivity contribution in [2.24, 2.45) is 11.7 Å². The Labute approximate surface area is 114 Å². The van der Waals surface area contributed by atoms with Crippen LogP contribution in [0.5, 0.6) is 5.75 Å². The first-order chi connectivity index (χ1) is 9.34. The molecule has 0 bridgehead atoms. The Kier molecular flexibility index (Phi) is 3.51. The van der Waals surface area contributed by atoms with E-state index in [1.165, 1.54) is 18.4 Å². The van der Waals surface area contributed by atoms with E-state index in [-0.39, 0.29) is 6.04 Å². The number of hydrogen-bond acceptors (Lipinski definition) is 2. The fourth-order valence-corrected chi connectivity index (χ4v) is 2.33. The Balaban J connectivity index is 1.73. The highest BCUT2D eigenvalue weighted by atomic mass is 16.5. The maximum Gasteiger partial charge on any atom is 0.124 e. The van der Waals surface area contributed by atoms with E-state index in [1.807, 2.05) is 36.4 Å². The van der Waals surface area contributed by atoms with Crippen LogP contribution in [0.25, 0.3) is 0 Å². The van der Waals surface area contributed by atoms with Crippen molar-refractivity contribution < 1.29 is 4.74 Å². The number of ether oxygens (including phenoxy) is 1. The van der Waals surface area contributed by atoms with E-state index in [2.05, 4.69) is 18.2 Å². The Hall–Kier alpha value is -1.80. The summed E-state index contributed by atoms with van der Waals surface area (Å²) in [6, 6.07) is 18.5. The number of para-hydroxylation sites is 1. The summed E-state index contributed by atoms with van der Waals surface area (Å²) in [7, 11) is 0. The first-order valence-electron chi connectivity index (χ1n) is 6.86. The number of nitrogens with two attached hydrogens (primary N) is 1. The molecule has 2 nitrogen and oxygen atoms in total. The molecule has 2 N–H and O–H groups in total. The predicted molar refractivity (Wildman–Crippen MR) is 76.9 cm³/mol. The average Bonchev–Trinajstić information content (AvgIpc) is 3.30. The molecule has 0 heterocycles. The minimum absolute atomic E-state index is 0.118. The molecule has 1 aliphatic carbocycles. The minimum atomic E-state index is 0.118. The average molecular weight is 253 g/mol. The minimum Gasteiger partial charge on any atom is -0.489 e. The highest BCUT2D eigenvalue weighted by molar-refractivity contribution is 5.37. The SMILES string of the molecule is N[C@@H](c1ccccc1OCc1ccccc1)C1CC1. The van der Waals surface area contributed by atoms with Gasteiger partial charge in [0.25, 0.3) is 0 Å². The van der Waals surface area contributed by atoms with E-state index in [0.29, 0.717) is 12.5 Å². The highest BCUT2D eigenvalue weighted by Crippen LogP contribution is 2.42. The lowest BCUT2D eigenvalue weighted by Gasteiger charge is -2.16. The molecule has 1 saturated carbocycles. The van der Waals surface area contributed by atoms with Gasteiger partial charge in [0, 0.05) is 11.6 Å². The topological polar surface area (TPSA) is 35.2 Å². The van der Waals surface area contributed by atoms with Gasteiger partial charge >= 0.3 is 0 Å². The maximum absolute atomic E-state index is 6.29. The lowest BCUT2D eigenvalue weighted by molar-refractivity contribution is 0.300. The molecule has 2 heteroatoms. The van der Waals surface area contributed by atoms with Gasteiger partial charge in [0.15, 0.2) is 0 Å². The van der Waals surface area contributed by atoms with Crippen LogP contribution < -0.4 is 10.5 Å². The third kappa shape index (κ3) is 2.96. The molecule has 0 spiro atoms. The fraction of sp³-hybridized carbons (Fsp3) is 0.294. The molecule has 0 unspecified atom stereocenters. The molecule has 2 aromatic carbocycles. The van der Waals surface area contributed by atoms with E-state index in [1.54, 1.807) is 0 Å². The van der Waals surface area contributed by atoms with Crippen LogP contribution in [0.3, 0.4) is 0 Å². The van der Waals surface area contributed by atoms with Crippen LogP contribution in [-0.4, -0.2) is 0 Å². The molecule has 0 amide bonds. The maximum atomic E-state index is 6.29. The zero-order chi connectivity index (χ0) is 13.1. The van der Waals surface area contributed by atoms with Crippen molar-refractivity contribution in [3.8, 4) is 5.75 Å². The second kappa shape index (κ2) is 5.45. The van der Waals surface area contributed by atoms with E-state index in [4.69, 9.17) is 10.5 Å². The van der Waals surface area contributed by atoms with Gasteiger partial charge in [-0.3, -0.25) is 0 Å². The number of rotatable bonds is 5. The summed E-state index contributed by atoms with van der Waals surface area (Å²) in [5.74, 6) is 1.56. The largest absolute Gasteiger partial charge is 0.489 e. The lowest BCUT2D eigenvalue weighted by atomic mass is 10.0. The van der Waals surface area contributed by atoms with Crippen molar-refractivity contribution in [3.05, 3.63) is 65.7 Å². The predicted octanol–water partition coefficient (Wildman–Crippen LogP) is 3.68. The van der Waals surface area contributed by atoms with Crippen LogP contribution in [0.4, 0.5) is 0 Å². The normalized spacial score (nSPS) is 16.1. The van der Waals surface area contributed by atoms with Crippen LogP contribution in [0.15, 0.2) is 54.6 Å². The molecule has 0 radical (unpaired) electrons. The van der Waals surface area contributed by atoms with Gasteiger partial charge in [-0.05, 0) is 30.4 Å². The van der Waals surface area contributed by atoms with Crippen molar-refractivity contribution in [3.63, 3.8) is 0 Å². The summed E-state index contributed by atoms with van der Waals surface area (Å²) in [5.41, 5.74) is 8.61. The van der Waals surface area contributed by atoms with Gasteiger partial charge in [-0.1, -0.05) is 48.5 Å². The molecule has 19 heavy (non-hydrogen) atoms. The van der Waals surface area contributed by atoms with Crippen molar-refractivity contribution in [1.82, 2.24) is 0 Å². The molecule has 0 saturated heterocycles. The second-order valence-corrected chi connectivity index (χ2v) is 5.18. The van der Waals surface area contributed by atoms with E-state index in [0.717, 1.165) is 11.3 Å². The summed E-state index contributed by atoms with van der Waals surface area (Å²) in [6.07, 6.45) is 2.49. The van der Waals surface area contributed by atoms with Crippen molar-refractivity contribution in [2.45, 2.75) is 25.5 Å². The molecule has 0 aromatic heterocycles. The second-order valence-electron chi connectivity index (χ2n) is 5.18. The first kappa shape index (κ1) is 12.2. The smallest absolute Gasteiger partial charge is 0.124 e. The van der Waals surface area contributed by atoms with Crippen molar-refractivity contribution in [1.29, 1.82) is 0 Å². The fourth-order valence-electron chi connectivity index (χ4n) is 2.33. The van der Waals surface area contributed by atoms with Crippen LogP contribution in [-0.2, 0) is 6.61 Å². The quantitative estimate of drug-likeness (QED) is 0.882. The first-order valence-corrected chi connectivity index (χ1v) is 6.86. The molecular formula is C17H19NO. The molecule has 1 atom stereocenters. The summed E-state index contributed by atoms with van der Waals surface area (Å²) < 4.78 is 5.94. The Morgan fingerprint density at radius 1 is 1.00 bits per heavy atom. The summed E-state index contributed by atoms with van der Waals surface area (Å²) >= 11 is 0. The monoisotopic (exact) mass is 253 g/mol. The number of benzene rings is 2. The summed E-state index contributed by atoms with van der Waals surface area (Å²) in [6.45, 7) is 0.592. The van der Waals surface area contributed by atoms with Crippen LogP contribution in [0.2, 0.25) is 0 Å². The van der Waals surface area contributed by atoms with Crippen molar-refractivity contribution >= 4 is 0 Å². The zero-order valence-corrected chi connectivity index (χ0v) is 11.0. The third-order valence-corrected chi connectivity index (χ3v) is 3.65. The van der Waals surface area contributed by atoms with Gasteiger partial charge in [-0.15, -0.1) is 0 Å². The summed E-state index contributed by atoms with van der Waals surface area (Å²) in [5, 5.41) is 0. The molecule has 1 aliphatic rings. The lowest BCUT2D eigenvalue weighted by Crippen LogP contribution is -2.14.